The first-order valence-electron chi connectivity index (χ1n) is 4.72. The minimum absolute atomic E-state index is 0.266. The SMILES string of the molecule is CC(C)C(Cl)CCc1ccn(C)n1. The summed E-state index contributed by atoms with van der Waals surface area (Å²) in [5, 5.41) is 4.57. The average Bonchev–Trinajstić information content (AvgIpc) is 2.47. The van der Waals surface area contributed by atoms with Gasteiger partial charge in [-0.15, -0.1) is 11.6 Å². The molecular weight excluding hydrogens is 184 g/mol. The predicted octanol–water partition coefficient (Wildman–Crippen LogP) is 2.62. The van der Waals surface area contributed by atoms with Crippen LogP contribution in [0.2, 0.25) is 0 Å². The van der Waals surface area contributed by atoms with Gasteiger partial charge in [0, 0.05) is 18.6 Å². The molecule has 0 aliphatic heterocycles. The Morgan fingerprint density at radius 3 is 2.69 bits per heavy atom. The monoisotopic (exact) mass is 200 g/mol. The molecule has 1 aromatic rings. The number of rotatable bonds is 4. The van der Waals surface area contributed by atoms with Crippen molar-refractivity contribution in [1.29, 1.82) is 0 Å². The van der Waals surface area contributed by atoms with E-state index in [-0.39, 0.29) is 5.38 Å². The Labute approximate surface area is 84.9 Å². The maximum Gasteiger partial charge on any atom is 0.0625 e. The van der Waals surface area contributed by atoms with Crippen molar-refractivity contribution in [3.05, 3.63) is 18.0 Å². The molecule has 1 aromatic heterocycles. The highest BCUT2D eigenvalue weighted by Gasteiger charge is 2.09. The van der Waals surface area contributed by atoms with E-state index >= 15 is 0 Å². The minimum Gasteiger partial charge on any atom is -0.276 e. The number of aryl methyl sites for hydroxylation is 2. The van der Waals surface area contributed by atoms with Gasteiger partial charge >= 0.3 is 0 Å². The third kappa shape index (κ3) is 3.39. The molecule has 0 bridgehead atoms. The Kier molecular flexibility index (Phi) is 3.79. The molecule has 0 saturated carbocycles. The highest BCUT2D eigenvalue weighted by Crippen LogP contribution is 2.15. The van der Waals surface area contributed by atoms with Crippen molar-refractivity contribution < 1.29 is 0 Å². The van der Waals surface area contributed by atoms with E-state index in [1.807, 2.05) is 24.0 Å². The normalized spacial score (nSPS) is 13.6. The number of hydrogen-bond acceptors (Lipinski definition) is 1. The van der Waals surface area contributed by atoms with Crippen molar-refractivity contribution in [2.75, 3.05) is 0 Å². The van der Waals surface area contributed by atoms with E-state index < -0.39 is 0 Å². The van der Waals surface area contributed by atoms with Gasteiger partial charge in [0.05, 0.1) is 5.69 Å². The molecule has 0 aromatic carbocycles. The Morgan fingerprint density at radius 2 is 2.23 bits per heavy atom. The zero-order valence-electron chi connectivity index (χ0n) is 8.50. The second-order valence-electron chi connectivity index (χ2n) is 3.78. The first-order chi connectivity index (χ1) is 6.09. The molecule has 1 rings (SSSR count). The molecule has 0 aliphatic carbocycles. The summed E-state index contributed by atoms with van der Waals surface area (Å²) in [5.41, 5.74) is 1.13. The van der Waals surface area contributed by atoms with Crippen LogP contribution in [-0.4, -0.2) is 15.2 Å². The zero-order chi connectivity index (χ0) is 9.84. The molecule has 0 amide bonds. The number of aromatic nitrogens is 2. The summed E-state index contributed by atoms with van der Waals surface area (Å²) in [6, 6.07) is 2.05. The number of nitrogens with zero attached hydrogens (tertiary/aromatic N) is 2. The molecule has 2 nitrogen and oxygen atoms in total. The third-order valence-electron chi connectivity index (χ3n) is 2.17. The van der Waals surface area contributed by atoms with E-state index in [0.29, 0.717) is 5.92 Å². The first-order valence-corrected chi connectivity index (χ1v) is 5.16. The van der Waals surface area contributed by atoms with Crippen LogP contribution in [0.1, 0.15) is 26.0 Å². The zero-order valence-corrected chi connectivity index (χ0v) is 9.25. The van der Waals surface area contributed by atoms with Crippen LogP contribution in [0, 0.1) is 5.92 Å². The van der Waals surface area contributed by atoms with Gasteiger partial charge in [-0.05, 0) is 24.8 Å². The van der Waals surface area contributed by atoms with Crippen LogP contribution in [0.5, 0.6) is 0 Å². The largest absolute Gasteiger partial charge is 0.276 e. The second kappa shape index (κ2) is 4.66. The summed E-state index contributed by atoms with van der Waals surface area (Å²) in [5.74, 6) is 0.547. The van der Waals surface area contributed by atoms with Gasteiger partial charge in [0.15, 0.2) is 0 Å². The summed E-state index contributed by atoms with van der Waals surface area (Å²) in [7, 11) is 1.93. The highest BCUT2D eigenvalue weighted by atomic mass is 35.5. The van der Waals surface area contributed by atoms with Crippen LogP contribution >= 0.6 is 11.6 Å². The van der Waals surface area contributed by atoms with E-state index in [0.717, 1.165) is 18.5 Å². The summed E-state index contributed by atoms with van der Waals surface area (Å²) < 4.78 is 1.83. The second-order valence-corrected chi connectivity index (χ2v) is 4.34. The molecule has 1 atom stereocenters. The fourth-order valence-corrected chi connectivity index (χ4v) is 1.32. The van der Waals surface area contributed by atoms with E-state index in [1.54, 1.807) is 0 Å². The predicted molar refractivity (Wildman–Crippen MR) is 56.0 cm³/mol. The van der Waals surface area contributed by atoms with E-state index in [2.05, 4.69) is 18.9 Å². The molecule has 1 heterocycles. The Morgan fingerprint density at radius 1 is 1.54 bits per heavy atom. The Hall–Kier alpha value is -0.500. The maximum absolute atomic E-state index is 6.14. The minimum atomic E-state index is 0.266. The molecular formula is C10H17ClN2. The van der Waals surface area contributed by atoms with Crippen LogP contribution in [0.3, 0.4) is 0 Å². The number of hydrogen-bond donors (Lipinski definition) is 0. The standard InChI is InChI=1S/C10H17ClN2/c1-8(2)10(11)5-4-9-6-7-13(3)12-9/h6-8,10H,4-5H2,1-3H3. The van der Waals surface area contributed by atoms with Crippen LogP contribution in [0.25, 0.3) is 0 Å². The highest BCUT2D eigenvalue weighted by molar-refractivity contribution is 6.20. The van der Waals surface area contributed by atoms with Crippen molar-refractivity contribution in [1.82, 2.24) is 9.78 Å². The van der Waals surface area contributed by atoms with Crippen LogP contribution in [0.4, 0.5) is 0 Å². The molecule has 0 radical (unpaired) electrons. The van der Waals surface area contributed by atoms with Crippen molar-refractivity contribution in [2.24, 2.45) is 13.0 Å². The Bertz CT molecular complexity index is 255. The summed E-state index contributed by atoms with van der Waals surface area (Å²) in [6.07, 6.45) is 3.96. The van der Waals surface area contributed by atoms with Gasteiger partial charge in [0.2, 0.25) is 0 Å². The fraction of sp³-hybridized carbons (Fsp3) is 0.700. The number of halogens is 1. The van der Waals surface area contributed by atoms with Crippen LogP contribution in [0.15, 0.2) is 12.3 Å². The van der Waals surface area contributed by atoms with Gasteiger partial charge in [-0.2, -0.15) is 5.10 Å². The molecule has 74 valence electrons. The lowest BCUT2D eigenvalue weighted by Crippen LogP contribution is -2.09. The van der Waals surface area contributed by atoms with Gasteiger partial charge in [-0.25, -0.2) is 0 Å². The molecule has 0 fully saturated rings. The smallest absolute Gasteiger partial charge is 0.0625 e. The summed E-state index contributed by atoms with van der Waals surface area (Å²) >= 11 is 6.14. The van der Waals surface area contributed by atoms with Crippen LogP contribution in [-0.2, 0) is 13.5 Å². The molecule has 0 saturated heterocycles. The van der Waals surface area contributed by atoms with Crippen molar-refractivity contribution in [3.8, 4) is 0 Å². The van der Waals surface area contributed by atoms with E-state index in [4.69, 9.17) is 11.6 Å². The first kappa shape index (κ1) is 10.6. The molecule has 0 N–H and O–H groups in total. The lowest BCUT2D eigenvalue weighted by Gasteiger charge is -2.11. The maximum atomic E-state index is 6.14. The molecule has 13 heavy (non-hydrogen) atoms. The van der Waals surface area contributed by atoms with Crippen LogP contribution < -0.4 is 0 Å². The fourth-order valence-electron chi connectivity index (χ4n) is 1.22. The average molecular weight is 201 g/mol. The van der Waals surface area contributed by atoms with Gasteiger partial charge in [-0.1, -0.05) is 13.8 Å². The van der Waals surface area contributed by atoms with Crippen molar-refractivity contribution in [3.63, 3.8) is 0 Å². The van der Waals surface area contributed by atoms with Gasteiger partial charge < -0.3 is 0 Å². The summed E-state index contributed by atoms with van der Waals surface area (Å²) in [6.45, 7) is 4.30. The van der Waals surface area contributed by atoms with Gasteiger partial charge in [0.1, 0.15) is 0 Å². The Balaban J connectivity index is 2.35. The van der Waals surface area contributed by atoms with E-state index in [9.17, 15) is 0 Å². The van der Waals surface area contributed by atoms with Crippen molar-refractivity contribution in [2.45, 2.75) is 32.1 Å². The molecule has 3 heteroatoms. The van der Waals surface area contributed by atoms with Gasteiger partial charge in [-0.3, -0.25) is 4.68 Å². The quantitative estimate of drug-likeness (QED) is 0.684. The van der Waals surface area contributed by atoms with E-state index in [1.165, 1.54) is 0 Å². The molecule has 0 spiro atoms. The lowest BCUT2D eigenvalue weighted by atomic mass is 10.0. The number of alkyl halides is 1. The third-order valence-corrected chi connectivity index (χ3v) is 2.89. The molecule has 1 unspecified atom stereocenters. The topological polar surface area (TPSA) is 17.8 Å². The lowest BCUT2D eigenvalue weighted by molar-refractivity contribution is 0.560. The molecule has 0 aliphatic rings. The van der Waals surface area contributed by atoms with Crippen molar-refractivity contribution >= 4 is 11.6 Å². The summed E-state index contributed by atoms with van der Waals surface area (Å²) in [4.78, 5) is 0. The van der Waals surface area contributed by atoms with Gasteiger partial charge in [0.25, 0.3) is 0 Å².